The van der Waals surface area contributed by atoms with Gasteiger partial charge in [0.1, 0.15) is 5.82 Å². The van der Waals surface area contributed by atoms with Crippen LogP contribution in [0.15, 0.2) is 42.5 Å². The molecule has 0 aromatic heterocycles. The van der Waals surface area contributed by atoms with Gasteiger partial charge in [0.15, 0.2) is 11.6 Å². The van der Waals surface area contributed by atoms with E-state index in [2.05, 4.69) is 0 Å². The first-order valence-electron chi connectivity index (χ1n) is 6.30. The largest absolute Gasteiger partial charge is 0.494 e. The van der Waals surface area contributed by atoms with Gasteiger partial charge in [0, 0.05) is 5.54 Å². The van der Waals surface area contributed by atoms with E-state index in [-0.39, 0.29) is 11.6 Å². The maximum absolute atomic E-state index is 14.1. The van der Waals surface area contributed by atoms with E-state index < -0.39 is 11.4 Å². The molecule has 0 saturated carbocycles. The van der Waals surface area contributed by atoms with Crippen LogP contribution in [0.1, 0.15) is 18.1 Å². The molecule has 0 aliphatic heterocycles. The van der Waals surface area contributed by atoms with Crippen molar-refractivity contribution in [3.8, 4) is 5.75 Å². The fourth-order valence-electron chi connectivity index (χ4n) is 2.18. The molecule has 0 aliphatic rings. The fourth-order valence-corrected chi connectivity index (χ4v) is 2.18. The lowest BCUT2D eigenvalue weighted by atomic mass is 9.86. The second kappa shape index (κ2) is 5.59. The van der Waals surface area contributed by atoms with E-state index in [0.717, 1.165) is 5.56 Å². The SMILES string of the molecule is COc1cccc(CC(C)(N)c2ccc(F)cc2)c1F. The van der Waals surface area contributed by atoms with Gasteiger partial charge in [-0.1, -0.05) is 24.3 Å². The molecule has 0 amide bonds. The van der Waals surface area contributed by atoms with E-state index in [1.165, 1.54) is 19.2 Å². The van der Waals surface area contributed by atoms with Gasteiger partial charge in [-0.05, 0) is 42.7 Å². The Bertz CT molecular complexity index is 594. The summed E-state index contributed by atoms with van der Waals surface area (Å²) in [5.74, 6) is -0.539. The highest BCUT2D eigenvalue weighted by Gasteiger charge is 2.24. The summed E-state index contributed by atoms with van der Waals surface area (Å²) >= 11 is 0. The third-order valence-electron chi connectivity index (χ3n) is 3.32. The van der Waals surface area contributed by atoms with Crippen LogP contribution < -0.4 is 10.5 Å². The number of methoxy groups -OCH3 is 1. The first-order valence-corrected chi connectivity index (χ1v) is 6.30. The predicted octanol–water partition coefficient (Wildman–Crippen LogP) is 3.39. The van der Waals surface area contributed by atoms with Gasteiger partial charge in [0.2, 0.25) is 0 Å². The summed E-state index contributed by atoms with van der Waals surface area (Å²) in [5, 5.41) is 0. The number of rotatable bonds is 4. The lowest BCUT2D eigenvalue weighted by molar-refractivity contribution is 0.380. The van der Waals surface area contributed by atoms with Gasteiger partial charge < -0.3 is 10.5 Å². The van der Waals surface area contributed by atoms with Crippen molar-refractivity contribution in [2.75, 3.05) is 7.11 Å². The molecule has 20 heavy (non-hydrogen) atoms. The number of ether oxygens (including phenoxy) is 1. The second-order valence-electron chi connectivity index (χ2n) is 5.03. The first-order chi connectivity index (χ1) is 9.44. The molecule has 0 radical (unpaired) electrons. The number of hydrogen-bond acceptors (Lipinski definition) is 2. The number of halogens is 2. The summed E-state index contributed by atoms with van der Waals surface area (Å²) in [4.78, 5) is 0. The fraction of sp³-hybridized carbons (Fsp3) is 0.250. The zero-order chi connectivity index (χ0) is 14.8. The van der Waals surface area contributed by atoms with E-state index in [0.29, 0.717) is 12.0 Å². The third-order valence-corrected chi connectivity index (χ3v) is 3.32. The number of benzene rings is 2. The van der Waals surface area contributed by atoms with Crippen molar-refractivity contribution in [2.24, 2.45) is 5.73 Å². The van der Waals surface area contributed by atoms with Crippen LogP contribution in [0.25, 0.3) is 0 Å². The van der Waals surface area contributed by atoms with Gasteiger partial charge in [-0.25, -0.2) is 8.78 Å². The molecule has 1 atom stereocenters. The molecule has 106 valence electrons. The Balaban J connectivity index is 2.30. The van der Waals surface area contributed by atoms with E-state index in [1.807, 2.05) is 0 Å². The Morgan fingerprint density at radius 1 is 1.10 bits per heavy atom. The highest BCUT2D eigenvalue weighted by atomic mass is 19.1. The molecular weight excluding hydrogens is 260 g/mol. The Hall–Kier alpha value is -1.94. The minimum Gasteiger partial charge on any atom is -0.494 e. The Kier molecular flexibility index (Phi) is 4.04. The van der Waals surface area contributed by atoms with Crippen LogP contribution in [0.3, 0.4) is 0 Å². The number of nitrogens with two attached hydrogens (primary N) is 1. The highest BCUT2D eigenvalue weighted by molar-refractivity contribution is 5.34. The summed E-state index contributed by atoms with van der Waals surface area (Å²) < 4.78 is 32.0. The summed E-state index contributed by atoms with van der Waals surface area (Å²) in [6.45, 7) is 1.79. The quantitative estimate of drug-likeness (QED) is 0.929. The van der Waals surface area contributed by atoms with Gasteiger partial charge in [-0.2, -0.15) is 0 Å². The van der Waals surface area contributed by atoms with Crippen molar-refractivity contribution >= 4 is 0 Å². The van der Waals surface area contributed by atoms with Gasteiger partial charge in [-0.15, -0.1) is 0 Å². The molecule has 4 heteroatoms. The highest BCUT2D eigenvalue weighted by Crippen LogP contribution is 2.27. The minimum atomic E-state index is -0.791. The number of hydrogen-bond donors (Lipinski definition) is 1. The molecule has 2 N–H and O–H groups in total. The average molecular weight is 277 g/mol. The summed E-state index contributed by atoms with van der Waals surface area (Å²) in [6, 6.07) is 10.9. The predicted molar refractivity (Wildman–Crippen MR) is 74.6 cm³/mol. The first kappa shape index (κ1) is 14.5. The van der Waals surface area contributed by atoms with Crippen LogP contribution in [-0.4, -0.2) is 7.11 Å². The van der Waals surface area contributed by atoms with Crippen LogP contribution in [0.5, 0.6) is 5.75 Å². The van der Waals surface area contributed by atoms with Gasteiger partial charge >= 0.3 is 0 Å². The molecule has 0 bridgehead atoms. The van der Waals surface area contributed by atoms with Crippen molar-refractivity contribution in [2.45, 2.75) is 18.9 Å². The van der Waals surface area contributed by atoms with Gasteiger partial charge in [-0.3, -0.25) is 0 Å². The van der Waals surface area contributed by atoms with Crippen LogP contribution >= 0.6 is 0 Å². The Morgan fingerprint density at radius 3 is 2.35 bits per heavy atom. The van der Waals surface area contributed by atoms with Crippen molar-refractivity contribution < 1.29 is 13.5 Å². The topological polar surface area (TPSA) is 35.2 Å². The van der Waals surface area contributed by atoms with Crippen molar-refractivity contribution in [3.63, 3.8) is 0 Å². The van der Waals surface area contributed by atoms with E-state index >= 15 is 0 Å². The molecule has 0 saturated heterocycles. The van der Waals surface area contributed by atoms with Crippen molar-refractivity contribution in [1.82, 2.24) is 0 Å². The zero-order valence-electron chi connectivity index (χ0n) is 11.5. The standard InChI is InChI=1S/C16H17F2NO/c1-16(19,12-6-8-13(17)9-7-12)10-11-4-3-5-14(20-2)15(11)18/h3-9H,10,19H2,1-2H3. The summed E-state index contributed by atoms with van der Waals surface area (Å²) in [7, 11) is 1.42. The van der Waals surface area contributed by atoms with Crippen LogP contribution in [0.2, 0.25) is 0 Å². The average Bonchev–Trinajstić information content (AvgIpc) is 2.41. The second-order valence-corrected chi connectivity index (χ2v) is 5.03. The lowest BCUT2D eigenvalue weighted by Crippen LogP contribution is -2.35. The van der Waals surface area contributed by atoms with E-state index in [9.17, 15) is 8.78 Å². The summed E-state index contributed by atoms with van der Waals surface area (Å²) in [5.41, 5.74) is 6.68. The van der Waals surface area contributed by atoms with E-state index in [4.69, 9.17) is 10.5 Å². The van der Waals surface area contributed by atoms with Crippen LogP contribution in [0, 0.1) is 11.6 Å². The normalized spacial score (nSPS) is 13.8. The molecule has 2 nitrogen and oxygen atoms in total. The maximum Gasteiger partial charge on any atom is 0.168 e. The molecule has 0 spiro atoms. The molecule has 0 fully saturated rings. The third kappa shape index (κ3) is 2.96. The molecule has 2 aromatic carbocycles. The zero-order valence-corrected chi connectivity index (χ0v) is 11.5. The van der Waals surface area contributed by atoms with Crippen molar-refractivity contribution in [1.29, 1.82) is 0 Å². The van der Waals surface area contributed by atoms with Gasteiger partial charge in [0.05, 0.1) is 7.11 Å². The molecule has 2 rings (SSSR count). The molecule has 0 aliphatic carbocycles. The molecule has 2 aromatic rings. The maximum atomic E-state index is 14.1. The Labute approximate surface area is 117 Å². The molecule has 0 heterocycles. The minimum absolute atomic E-state index is 0.192. The smallest absolute Gasteiger partial charge is 0.168 e. The van der Waals surface area contributed by atoms with Crippen LogP contribution in [0.4, 0.5) is 8.78 Å². The van der Waals surface area contributed by atoms with Crippen LogP contribution in [-0.2, 0) is 12.0 Å². The van der Waals surface area contributed by atoms with Gasteiger partial charge in [0.25, 0.3) is 0 Å². The monoisotopic (exact) mass is 277 g/mol. The lowest BCUT2D eigenvalue weighted by Gasteiger charge is -2.26. The van der Waals surface area contributed by atoms with Crippen molar-refractivity contribution in [3.05, 3.63) is 65.2 Å². The molecular formula is C16H17F2NO. The Morgan fingerprint density at radius 2 is 1.75 bits per heavy atom. The van der Waals surface area contributed by atoms with E-state index in [1.54, 1.807) is 37.3 Å². The summed E-state index contributed by atoms with van der Waals surface area (Å²) in [6.07, 6.45) is 0.293. The molecule has 1 unspecified atom stereocenters.